The van der Waals surface area contributed by atoms with Gasteiger partial charge in [-0.15, -0.1) is 11.3 Å². The highest BCUT2D eigenvalue weighted by Gasteiger charge is 2.31. The van der Waals surface area contributed by atoms with Crippen LogP contribution >= 0.6 is 11.3 Å². The highest BCUT2D eigenvalue weighted by atomic mass is 32.1. The van der Waals surface area contributed by atoms with E-state index in [1.165, 1.54) is 12.1 Å². The van der Waals surface area contributed by atoms with Crippen LogP contribution in [-0.2, 0) is 17.7 Å². The molecule has 2 heterocycles. The van der Waals surface area contributed by atoms with Crippen LogP contribution < -0.4 is 0 Å². The summed E-state index contributed by atoms with van der Waals surface area (Å²) in [6.45, 7) is 1.92. The van der Waals surface area contributed by atoms with E-state index in [4.69, 9.17) is 4.74 Å². The van der Waals surface area contributed by atoms with E-state index < -0.39 is 0 Å². The molecule has 1 aromatic heterocycles. The molecule has 0 N–H and O–H groups in total. The van der Waals surface area contributed by atoms with Crippen molar-refractivity contribution < 1.29 is 9.13 Å². The van der Waals surface area contributed by atoms with Crippen LogP contribution in [0.5, 0.6) is 0 Å². The summed E-state index contributed by atoms with van der Waals surface area (Å²) < 4.78 is 18.8. The molecule has 1 aliphatic heterocycles. The van der Waals surface area contributed by atoms with Gasteiger partial charge >= 0.3 is 0 Å². The fourth-order valence-corrected chi connectivity index (χ4v) is 3.76. The summed E-state index contributed by atoms with van der Waals surface area (Å²) in [5.74, 6) is -0.185. The molecule has 3 rings (SSSR count). The third kappa shape index (κ3) is 3.72. The number of hydrogen-bond acceptors (Lipinski definition) is 4. The number of thiazole rings is 1. The predicted molar refractivity (Wildman–Crippen MR) is 86.4 cm³/mol. The molecule has 2 aromatic rings. The molecule has 118 valence electrons. The number of halogens is 1. The van der Waals surface area contributed by atoms with Crippen molar-refractivity contribution in [3.63, 3.8) is 0 Å². The molecule has 0 amide bonds. The van der Waals surface area contributed by atoms with E-state index in [0.717, 1.165) is 43.6 Å². The zero-order valence-corrected chi connectivity index (χ0v) is 13.6. The molecular formula is C17H21FN2OS. The van der Waals surface area contributed by atoms with Gasteiger partial charge in [0, 0.05) is 25.1 Å². The SMILES string of the molecule is CO[C@H]1CCCN(Cc2cscn2)[C@H]1Cc1ccc(F)cc1. The minimum absolute atomic E-state index is 0.185. The van der Waals surface area contributed by atoms with E-state index in [1.54, 1.807) is 18.4 Å². The Morgan fingerprint density at radius 1 is 1.36 bits per heavy atom. The van der Waals surface area contributed by atoms with Crippen molar-refractivity contribution in [2.45, 2.75) is 38.0 Å². The van der Waals surface area contributed by atoms with Crippen LogP contribution in [0.4, 0.5) is 4.39 Å². The molecule has 1 fully saturated rings. The van der Waals surface area contributed by atoms with Crippen LogP contribution in [0.2, 0.25) is 0 Å². The fraction of sp³-hybridized carbons (Fsp3) is 0.471. The maximum Gasteiger partial charge on any atom is 0.123 e. The molecule has 3 nitrogen and oxygen atoms in total. The van der Waals surface area contributed by atoms with Crippen LogP contribution in [0.3, 0.4) is 0 Å². The molecule has 1 saturated heterocycles. The average molecular weight is 320 g/mol. The quantitative estimate of drug-likeness (QED) is 0.843. The van der Waals surface area contributed by atoms with Gasteiger partial charge in [0.05, 0.1) is 17.3 Å². The average Bonchev–Trinajstić information content (AvgIpc) is 3.04. The van der Waals surface area contributed by atoms with Crippen molar-refractivity contribution in [1.82, 2.24) is 9.88 Å². The normalized spacial score (nSPS) is 22.8. The van der Waals surface area contributed by atoms with Crippen molar-refractivity contribution in [3.8, 4) is 0 Å². The lowest BCUT2D eigenvalue weighted by Gasteiger charge is -2.40. The van der Waals surface area contributed by atoms with Gasteiger partial charge in [-0.25, -0.2) is 9.37 Å². The fourth-order valence-electron chi connectivity index (χ4n) is 3.21. The van der Waals surface area contributed by atoms with Gasteiger partial charge in [0.25, 0.3) is 0 Å². The molecule has 0 bridgehead atoms. The van der Waals surface area contributed by atoms with Gasteiger partial charge in [-0.3, -0.25) is 4.90 Å². The Morgan fingerprint density at radius 3 is 2.86 bits per heavy atom. The Kier molecular flexibility index (Phi) is 5.18. The highest BCUT2D eigenvalue weighted by Crippen LogP contribution is 2.25. The monoisotopic (exact) mass is 320 g/mol. The standard InChI is InChI=1S/C17H21FN2OS/c1-21-17-3-2-8-20(10-15-11-22-12-19-15)16(17)9-13-4-6-14(18)7-5-13/h4-7,11-12,16-17H,2-3,8-10H2,1H3/t16-,17-/m0/s1. The number of piperidine rings is 1. The first-order valence-corrected chi connectivity index (χ1v) is 8.59. The first kappa shape index (κ1) is 15.6. The summed E-state index contributed by atoms with van der Waals surface area (Å²) in [6, 6.07) is 7.12. The minimum Gasteiger partial charge on any atom is -0.380 e. The summed E-state index contributed by atoms with van der Waals surface area (Å²) in [5.41, 5.74) is 4.15. The molecule has 5 heteroatoms. The first-order valence-electron chi connectivity index (χ1n) is 7.64. The summed E-state index contributed by atoms with van der Waals surface area (Å²) >= 11 is 1.63. The second-order valence-corrected chi connectivity index (χ2v) is 6.48. The molecule has 0 saturated carbocycles. The topological polar surface area (TPSA) is 25.4 Å². The molecule has 0 aliphatic carbocycles. The number of aromatic nitrogens is 1. The lowest BCUT2D eigenvalue weighted by molar-refractivity contribution is -0.0221. The summed E-state index contributed by atoms with van der Waals surface area (Å²) in [7, 11) is 1.79. The molecular weight excluding hydrogens is 299 g/mol. The number of rotatable bonds is 5. The number of likely N-dealkylation sites (tertiary alicyclic amines) is 1. The van der Waals surface area contributed by atoms with E-state index in [0.29, 0.717) is 6.04 Å². The molecule has 0 radical (unpaired) electrons. The maximum atomic E-state index is 13.1. The van der Waals surface area contributed by atoms with E-state index >= 15 is 0 Å². The smallest absolute Gasteiger partial charge is 0.123 e. The molecule has 1 aliphatic rings. The van der Waals surface area contributed by atoms with E-state index in [2.05, 4.69) is 15.3 Å². The Balaban J connectivity index is 1.75. The van der Waals surface area contributed by atoms with Crippen LogP contribution in [-0.4, -0.2) is 35.7 Å². The van der Waals surface area contributed by atoms with Crippen molar-refractivity contribution in [1.29, 1.82) is 0 Å². The van der Waals surface area contributed by atoms with Crippen LogP contribution in [0.25, 0.3) is 0 Å². The largest absolute Gasteiger partial charge is 0.380 e. The van der Waals surface area contributed by atoms with Gasteiger partial charge in [0.15, 0.2) is 0 Å². The van der Waals surface area contributed by atoms with Gasteiger partial charge in [0.2, 0.25) is 0 Å². The van der Waals surface area contributed by atoms with Gasteiger partial charge in [-0.2, -0.15) is 0 Å². The van der Waals surface area contributed by atoms with Crippen LogP contribution in [0.1, 0.15) is 24.1 Å². The number of methoxy groups -OCH3 is 1. The Bertz CT molecular complexity index is 573. The number of benzene rings is 1. The predicted octanol–water partition coefficient (Wildman–Crippen LogP) is 3.50. The number of nitrogens with zero attached hydrogens (tertiary/aromatic N) is 2. The van der Waals surface area contributed by atoms with Gasteiger partial charge in [0.1, 0.15) is 5.82 Å². The first-order chi connectivity index (χ1) is 10.8. The van der Waals surface area contributed by atoms with E-state index in [-0.39, 0.29) is 11.9 Å². The van der Waals surface area contributed by atoms with Gasteiger partial charge < -0.3 is 4.74 Å². The highest BCUT2D eigenvalue weighted by molar-refractivity contribution is 7.07. The molecule has 1 aromatic carbocycles. The zero-order valence-electron chi connectivity index (χ0n) is 12.7. The number of ether oxygens (including phenoxy) is 1. The summed E-state index contributed by atoms with van der Waals surface area (Å²) in [6.07, 6.45) is 3.32. The summed E-state index contributed by atoms with van der Waals surface area (Å²) in [5, 5.41) is 2.10. The lowest BCUT2D eigenvalue weighted by Crippen LogP contribution is -2.49. The van der Waals surface area contributed by atoms with Crippen molar-refractivity contribution in [2.75, 3.05) is 13.7 Å². The molecule has 0 spiro atoms. The van der Waals surface area contributed by atoms with Gasteiger partial charge in [-0.05, 0) is 43.5 Å². The third-order valence-corrected chi connectivity index (χ3v) is 4.98. The van der Waals surface area contributed by atoms with Gasteiger partial charge in [-0.1, -0.05) is 12.1 Å². The van der Waals surface area contributed by atoms with Crippen molar-refractivity contribution >= 4 is 11.3 Å². The maximum absolute atomic E-state index is 13.1. The van der Waals surface area contributed by atoms with E-state index in [1.807, 2.05) is 17.6 Å². The Morgan fingerprint density at radius 2 is 2.18 bits per heavy atom. The Hall–Kier alpha value is -1.30. The minimum atomic E-state index is -0.185. The van der Waals surface area contributed by atoms with Crippen molar-refractivity contribution in [2.24, 2.45) is 0 Å². The van der Waals surface area contributed by atoms with Crippen LogP contribution in [0, 0.1) is 5.82 Å². The third-order valence-electron chi connectivity index (χ3n) is 4.34. The summed E-state index contributed by atoms with van der Waals surface area (Å²) in [4.78, 5) is 6.86. The second-order valence-electron chi connectivity index (χ2n) is 5.76. The lowest BCUT2D eigenvalue weighted by atomic mass is 9.92. The number of hydrogen-bond donors (Lipinski definition) is 0. The molecule has 22 heavy (non-hydrogen) atoms. The molecule has 0 unspecified atom stereocenters. The van der Waals surface area contributed by atoms with Crippen molar-refractivity contribution in [3.05, 3.63) is 52.2 Å². The Labute approximate surface area is 134 Å². The zero-order chi connectivity index (χ0) is 15.4. The second kappa shape index (κ2) is 7.31. The van der Waals surface area contributed by atoms with Crippen LogP contribution in [0.15, 0.2) is 35.2 Å². The van der Waals surface area contributed by atoms with E-state index in [9.17, 15) is 4.39 Å². The molecule has 2 atom stereocenters.